The standard InChI is InChI=1S/C26H42O3/c1-16-13-20-21(24(4)11-8-19(28)15-26(16,24)29)9-12-23(3)22(20)14-18-7-5-6-10-25(18,23)17(2)27/h16,18-22,28-29H,5-15H2,1-4H3/t16?,18?,19?,20?,21?,22?,23?,24?,25?,26-/m0/s1. The molecule has 29 heavy (non-hydrogen) atoms. The zero-order valence-electron chi connectivity index (χ0n) is 19.0. The molecule has 2 N–H and O–H groups in total. The van der Waals surface area contributed by atoms with Gasteiger partial charge in [0.25, 0.3) is 0 Å². The SMILES string of the molecule is CC(=O)C12CCCCC1CC1C3CC(C)[C@@]4(O)CC(O)CCC4(C)C3CCC12C. The number of ketones is 1. The van der Waals surface area contributed by atoms with Gasteiger partial charge in [0.05, 0.1) is 11.7 Å². The second kappa shape index (κ2) is 6.31. The first-order valence-electron chi connectivity index (χ1n) is 12.5. The highest BCUT2D eigenvalue weighted by Crippen LogP contribution is 2.75. The number of carbonyl (C=O) groups is 1. The van der Waals surface area contributed by atoms with Crippen molar-refractivity contribution in [1.82, 2.24) is 0 Å². The van der Waals surface area contributed by atoms with Gasteiger partial charge in [-0.1, -0.05) is 33.6 Å². The predicted molar refractivity (Wildman–Crippen MR) is 114 cm³/mol. The zero-order chi connectivity index (χ0) is 20.8. The van der Waals surface area contributed by atoms with E-state index in [0.29, 0.717) is 35.9 Å². The third-order valence-corrected chi connectivity index (χ3v) is 11.9. The molecule has 5 saturated carbocycles. The minimum absolute atomic E-state index is 0.0818. The molecule has 5 aliphatic carbocycles. The van der Waals surface area contributed by atoms with Crippen LogP contribution >= 0.6 is 0 Å². The van der Waals surface area contributed by atoms with E-state index in [-0.39, 0.29) is 28.3 Å². The van der Waals surface area contributed by atoms with E-state index in [9.17, 15) is 15.0 Å². The Kier molecular flexibility index (Phi) is 4.46. The summed E-state index contributed by atoms with van der Waals surface area (Å²) >= 11 is 0. The van der Waals surface area contributed by atoms with Gasteiger partial charge in [-0.15, -0.1) is 0 Å². The number of aliphatic hydroxyl groups is 2. The summed E-state index contributed by atoms with van der Waals surface area (Å²) in [5.41, 5.74) is -0.761. The van der Waals surface area contributed by atoms with Gasteiger partial charge in [-0.25, -0.2) is 0 Å². The summed E-state index contributed by atoms with van der Waals surface area (Å²) in [4.78, 5) is 13.2. The first-order chi connectivity index (χ1) is 13.6. The monoisotopic (exact) mass is 402 g/mol. The minimum Gasteiger partial charge on any atom is -0.393 e. The Morgan fingerprint density at radius 2 is 1.66 bits per heavy atom. The molecule has 0 heterocycles. The van der Waals surface area contributed by atoms with Crippen LogP contribution < -0.4 is 0 Å². The molecule has 0 saturated heterocycles. The van der Waals surface area contributed by atoms with E-state index in [2.05, 4.69) is 20.8 Å². The maximum atomic E-state index is 13.2. The van der Waals surface area contributed by atoms with Crippen molar-refractivity contribution in [1.29, 1.82) is 0 Å². The van der Waals surface area contributed by atoms with Crippen LogP contribution in [0.3, 0.4) is 0 Å². The van der Waals surface area contributed by atoms with Crippen molar-refractivity contribution in [3.63, 3.8) is 0 Å². The number of Topliss-reactive ketones (excluding diaryl/α,β-unsaturated/α-hetero) is 1. The molecule has 0 spiro atoms. The molecule has 10 atom stereocenters. The molecule has 3 nitrogen and oxygen atoms in total. The van der Waals surface area contributed by atoms with Crippen molar-refractivity contribution in [3.8, 4) is 0 Å². The Labute approximate surface area is 177 Å². The molecule has 0 radical (unpaired) electrons. The largest absolute Gasteiger partial charge is 0.393 e. The molecular weight excluding hydrogens is 360 g/mol. The van der Waals surface area contributed by atoms with E-state index in [0.717, 1.165) is 38.5 Å². The summed E-state index contributed by atoms with van der Waals surface area (Å²) in [5, 5.41) is 22.2. The molecule has 5 aliphatic rings. The van der Waals surface area contributed by atoms with E-state index in [4.69, 9.17) is 0 Å². The van der Waals surface area contributed by atoms with Crippen molar-refractivity contribution in [2.45, 2.75) is 110 Å². The number of rotatable bonds is 1. The maximum absolute atomic E-state index is 13.2. The molecule has 9 unspecified atom stereocenters. The molecule has 0 aromatic heterocycles. The first-order valence-corrected chi connectivity index (χ1v) is 12.5. The highest BCUT2D eigenvalue weighted by Gasteiger charge is 2.71. The fourth-order valence-corrected chi connectivity index (χ4v) is 10.5. The van der Waals surface area contributed by atoms with Crippen molar-refractivity contribution < 1.29 is 15.0 Å². The number of fused-ring (bicyclic) bond motifs is 7. The Morgan fingerprint density at radius 3 is 2.38 bits per heavy atom. The van der Waals surface area contributed by atoms with Crippen LogP contribution in [0.5, 0.6) is 0 Å². The normalized spacial score (nSPS) is 59.2. The van der Waals surface area contributed by atoms with Crippen LogP contribution in [0.25, 0.3) is 0 Å². The van der Waals surface area contributed by atoms with Crippen LogP contribution in [-0.4, -0.2) is 27.7 Å². The number of hydrogen-bond acceptors (Lipinski definition) is 3. The van der Waals surface area contributed by atoms with Gasteiger partial charge >= 0.3 is 0 Å². The maximum Gasteiger partial charge on any atom is 0.136 e. The highest BCUT2D eigenvalue weighted by molar-refractivity contribution is 5.84. The lowest BCUT2D eigenvalue weighted by molar-refractivity contribution is -0.246. The fourth-order valence-electron chi connectivity index (χ4n) is 10.5. The van der Waals surface area contributed by atoms with Gasteiger partial charge in [-0.3, -0.25) is 4.79 Å². The second-order valence-corrected chi connectivity index (χ2v) is 12.4. The topological polar surface area (TPSA) is 57.5 Å². The van der Waals surface area contributed by atoms with Crippen LogP contribution in [0.2, 0.25) is 0 Å². The third-order valence-electron chi connectivity index (χ3n) is 11.9. The van der Waals surface area contributed by atoms with Gasteiger partial charge in [0.15, 0.2) is 0 Å². The van der Waals surface area contributed by atoms with Crippen LogP contribution in [0.4, 0.5) is 0 Å². The predicted octanol–water partition coefficient (Wildman–Crippen LogP) is 5.13. The van der Waals surface area contributed by atoms with Crippen LogP contribution in [0.1, 0.15) is 98.3 Å². The summed E-state index contributed by atoms with van der Waals surface area (Å²) in [7, 11) is 0. The molecular formula is C26H42O3. The Bertz CT molecular complexity index is 704. The smallest absolute Gasteiger partial charge is 0.136 e. The molecule has 0 bridgehead atoms. The van der Waals surface area contributed by atoms with Crippen molar-refractivity contribution >= 4 is 5.78 Å². The molecule has 0 aromatic carbocycles. The highest BCUT2D eigenvalue weighted by atomic mass is 16.3. The Balaban J connectivity index is 1.55. The van der Waals surface area contributed by atoms with Crippen molar-refractivity contribution in [2.75, 3.05) is 0 Å². The molecule has 0 amide bonds. The van der Waals surface area contributed by atoms with Crippen molar-refractivity contribution in [2.24, 2.45) is 45.8 Å². The molecule has 0 aromatic rings. The second-order valence-electron chi connectivity index (χ2n) is 12.4. The fraction of sp³-hybridized carbons (Fsp3) is 0.962. The Hall–Kier alpha value is -0.410. The van der Waals surface area contributed by atoms with Gasteiger partial charge < -0.3 is 10.2 Å². The van der Waals surface area contributed by atoms with Gasteiger partial charge in [-0.05, 0) is 98.7 Å². The lowest BCUT2D eigenvalue weighted by Gasteiger charge is -2.66. The van der Waals surface area contributed by atoms with Gasteiger partial charge in [0.1, 0.15) is 5.78 Å². The lowest BCUT2D eigenvalue weighted by atomic mass is 9.40. The summed E-state index contributed by atoms with van der Waals surface area (Å²) in [6, 6.07) is 0. The van der Waals surface area contributed by atoms with E-state index < -0.39 is 5.60 Å². The number of hydrogen-bond donors (Lipinski definition) is 2. The summed E-state index contributed by atoms with van der Waals surface area (Å²) in [6.45, 7) is 8.96. The van der Waals surface area contributed by atoms with Crippen LogP contribution in [0, 0.1) is 45.8 Å². The summed E-state index contributed by atoms with van der Waals surface area (Å²) in [5.74, 6) is 3.08. The summed E-state index contributed by atoms with van der Waals surface area (Å²) in [6.07, 6.45) is 11.5. The van der Waals surface area contributed by atoms with Crippen LogP contribution in [0.15, 0.2) is 0 Å². The van der Waals surface area contributed by atoms with E-state index >= 15 is 0 Å². The number of carbonyl (C=O) groups excluding carboxylic acids is 1. The van der Waals surface area contributed by atoms with E-state index in [1.54, 1.807) is 0 Å². The van der Waals surface area contributed by atoms with E-state index in [1.807, 2.05) is 6.92 Å². The first kappa shape index (κ1) is 20.5. The average molecular weight is 403 g/mol. The van der Waals surface area contributed by atoms with Gasteiger partial charge in [0.2, 0.25) is 0 Å². The summed E-state index contributed by atoms with van der Waals surface area (Å²) < 4.78 is 0. The molecule has 164 valence electrons. The van der Waals surface area contributed by atoms with E-state index in [1.165, 1.54) is 25.7 Å². The lowest BCUT2D eigenvalue weighted by Crippen LogP contribution is -2.66. The molecule has 5 fully saturated rings. The average Bonchev–Trinajstić information content (AvgIpc) is 2.95. The molecule has 0 aliphatic heterocycles. The van der Waals surface area contributed by atoms with Crippen LogP contribution in [-0.2, 0) is 4.79 Å². The van der Waals surface area contributed by atoms with Crippen molar-refractivity contribution in [3.05, 3.63) is 0 Å². The zero-order valence-corrected chi connectivity index (χ0v) is 19.0. The third kappa shape index (κ3) is 2.30. The minimum atomic E-state index is -0.733. The van der Waals surface area contributed by atoms with Gasteiger partial charge in [-0.2, -0.15) is 0 Å². The van der Waals surface area contributed by atoms with Gasteiger partial charge in [0, 0.05) is 11.8 Å². The Morgan fingerprint density at radius 1 is 0.931 bits per heavy atom. The molecule has 5 rings (SSSR count). The molecule has 3 heteroatoms. The quantitative estimate of drug-likeness (QED) is 0.639. The number of aliphatic hydroxyl groups excluding tert-OH is 1.